The zero-order valence-corrected chi connectivity index (χ0v) is 11.2. The molecule has 0 amide bonds. The van der Waals surface area contributed by atoms with Crippen molar-refractivity contribution in [2.75, 3.05) is 13.2 Å². The molecular weight excluding hydrogens is 262 g/mol. The number of hydrogen-bond donors (Lipinski definition) is 2. The highest BCUT2D eigenvalue weighted by molar-refractivity contribution is 7.07. The van der Waals surface area contributed by atoms with Gasteiger partial charge >= 0.3 is 5.97 Å². The van der Waals surface area contributed by atoms with E-state index in [2.05, 4.69) is 16.8 Å². The number of aromatic carboxylic acids is 1. The van der Waals surface area contributed by atoms with E-state index in [9.17, 15) is 4.79 Å². The molecule has 0 unspecified atom stereocenters. The quantitative estimate of drug-likeness (QED) is 0.764. The first kappa shape index (κ1) is 13.6. The molecule has 0 aliphatic rings. The molecule has 4 nitrogen and oxygen atoms in total. The van der Waals surface area contributed by atoms with Crippen molar-refractivity contribution in [1.82, 2.24) is 5.32 Å². The van der Waals surface area contributed by atoms with Crippen molar-refractivity contribution in [3.8, 4) is 5.75 Å². The Hall–Kier alpha value is -1.85. The second-order valence-corrected chi connectivity index (χ2v) is 4.74. The molecule has 2 N–H and O–H groups in total. The maximum atomic E-state index is 11.0. The van der Waals surface area contributed by atoms with Crippen LogP contribution in [0.3, 0.4) is 0 Å². The highest BCUT2D eigenvalue weighted by Crippen LogP contribution is 2.17. The predicted octanol–water partition coefficient (Wildman–Crippen LogP) is 2.61. The summed E-state index contributed by atoms with van der Waals surface area (Å²) >= 11 is 1.67. The van der Waals surface area contributed by atoms with Crippen LogP contribution in [0.5, 0.6) is 5.75 Å². The number of rotatable bonds is 7. The van der Waals surface area contributed by atoms with E-state index in [1.807, 2.05) is 5.38 Å². The lowest BCUT2D eigenvalue weighted by molar-refractivity contribution is 0.0692. The van der Waals surface area contributed by atoms with Gasteiger partial charge in [0.15, 0.2) is 0 Å². The Morgan fingerprint density at radius 3 is 2.89 bits per heavy atom. The number of carboxylic acids is 1. The Kier molecular flexibility index (Phi) is 4.94. The molecule has 100 valence electrons. The van der Waals surface area contributed by atoms with E-state index in [1.165, 1.54) is 11.6 Å². The smallest absolute Gasteiger partial charge is 0.339 e. The van der Waals surface area contributed by atoms with E-state index in [0.29, 0.717) is 18.9 Å². The third kappa shape index (κ3) is 4.08. The molecule has 2 rings (SSSR count). The summed E-state index contributed by atoms with van der Waals surface area (Å²) in [6.45, 7) is 1.91. The predicted molar refractivity (Wildman–Crippen MR) is 74.9 cm³/mol. The molecule has 0 atom stereocenters. The summed E-state index contributed by atoms with van der Waals surface area (Å²) < 4.78 is 5.48. The number of ether oxygens (including phenoxy) is 1. The molecule has 0 radical (unpaired) electrons. The Morgan fingerprint density at radius 2 is 2.16 bits per heavy atom. The van der Waals surface area contributed by atoms with Gasteiger partial charge in [-0.25, -0.2) is 4.79 Å². The van der Waals surface area contributed by atoms with E-state index < -0.39 is 5.97 Å². The van der Waals surface area contributed by atoms with Crippen LogP contribution in [0.15, 0.2) is 41.1 Å². The third-order valence-electron chi connectivity index (χ3n) is 2.56. The summed E-state index contributed by atoms with van der Waals surface area (Å²) in [5, 5.41) is 16.4. The van der Waals surface area contributed by atoms with Gasteiger partial charge in [-0.05, 0) is 34.5 Å². The minimum absolute atomic E-state index is 0.195. The van der Waals surface area contributed by atoms with Crippen LogP contribution in [0.25, 0.3) is 0 Å². The van der Waals surface area contributed by atoms with Gasteiger partial charge in [0.1, 0.15) is 17.9 Å². The molecule has 0 bridgehead atoms. The van der Waals surface area contributed by atoms with Crippen LogP contribution < -0.4 is 10.1 Å². The zero-order valence-electron chi connectivity index (χ0n) is 10.3. The largest absolute Gasteiger partial charge is 0.491 e. The Bertz CT molecular complexity index is 525. The molecule has 1 aromatic heterocycles. The first-order valence-electron chi connectivity index (χ1n) is 5.94. The summed E-state index contributed by atoms with van der Waals surface area (Å²) in [4.78, 5) is 11.0. The van der Waals surface area contributed by atoms with Gasteiger partial charge in [-0.3, -0.25) is 0 Å². The van der Waals surface area contributed by atoms with Gasteiger partial charge in [0.05, 0.1) is 0 Å². The van der Waals surface area contributed by atoms with Gasteiger partial charge < -0.3 is 15.2 Å². The molecule has 5 heteroatoms. The number of nitrogens with one attached hydrogen (secondary N) is 1. The monoisotopic (exact) mass is 277 g/mol. The van der Waals surface area contributed by atoms with Crippen molar-refractivity contribution in [1.29, 1.82) is 0 Å². The highest BCUT2D eigenvalue weighted by Gasteiger charge is 2.09. The van der Waals surface area contributed by atoms with Gasteiger partial charge in [0, 0.05) is 13.1 Å². The zero-order chi connectivity index (χ0) is 13.5. The summed E-state index contributed by atoms with van der Waals surface area (Å²) in [5.74, 6) is -0.561. The van der Waals surface area contributed by atoms with E-state index in [-0.39, 0.29) is 5.56 Å². The SMILES string of the molecule is O=C(O)c1ccccc1OCCNCc1ccsc1. The fourth-order valence-electron chi connectivity index (χ4n) is 1.63. The minimum atomic E-state index is -0.971. The second kappa shape index (κ2) is 6.92. The molecule has 19 heavy (non-hydrogen) atoms. The van der Waals surface area contributed by atoms with E-state index in [4.69, 9.17) is 9.84 Å². The molecule has 2 aromatic rings. The first-order valence-corrected chi connectivity index (χ1v) is 6.88. The van der Waals surface area contributed by atoms with E-state index in [1.54, 1.807) is 29.5 Å². The molecule has 0 spiro atoms. The summed E-state index contributed by atoms with van der Waals surface area (Å²) in [6.07, 6.45) is 0. The van der Waals surface area contributed by atoms with Crippen molar-refractivity contribution >= 4 is 17.3 Å². The van der Waals surface area contributed by atoms with Crippen molar-refractivity contribution in [3.05, 3.63) is 52.2 Å². The molecule has 1 heterocycles. The lowest BCUT2D eigenvalue weighted by Gasteiger charge is -2.09. The minimum Gasteiger partial charge on any atom is -0.491 e. The highest BCUT2D eigenvalue weighted by atomic mass is 32.1. The average molecular weight is 277 g/mol. The van der Waals surface area contributed by atoms with Crippen LogP contribution in [0.1, 0.15) is 15.9 Å². The van der Waals surface area contributed by atoms with Crippen molar-refractivity contribution in [3.63, 3.8) is 0 Å². The molecule has 0 aliphatic heterocycles. The van der Waals surface area contributed by atoms with E-state index in [0.717, 1.165) is 6.54 Å². The van der Waals surface area contributed by atoms with Gasteiger partial charge in [-0.15, -0.1) is 0 Å². The molecule has 0 saturated heterocycles. The molecule has 0 aliphatic carbocycles. The first-order chi connectivity index (χ1) is 9.27. The van der Waals surface area contributed by atoms with Crippen LogP contribution in [0, 0.1) is 0 Å². The summed E-state index contributed by atoms with van der Waals surface area (Å²) in [5.41, 5.74) is 1.44. The van der Waals surface area contributed by atoms with Crippen LogP contribution >= 0.6 is 11.3 Å². The third-order valence-corrected chi connectivity index (χ3v) is 3.30. The van der Waals surface area contributed by atoms with Crippen LogP contribution in [-0.2, 0) is 6.54 Å². The second-order valence-electron chi connectivity index (χ2n) is 3.96. The number of benzene rings is 1. The maximum Gasteiger partial charge on any atom is 0.339 e. The van der Waals surface area contributed by atoms with Gasteiger partial charge in [-0.1, -0.05) is 12.1 Å². The van der Waals surface area contributed by atoms with Crippen LogP contribution in [0.2, 0.25) is 0 Å². The van der Waals surface area contributed by atoms with Crippen molar-refractivity contribution in [2.24, 2.45) is 0 Å². The fraction of sp³-hybridized carbons (Fsp3) is 0.214. The standard InChI is InChI=1S/C14H15NO3S/c16-14(17)12-3-1-2-4-13(12)18-7-6-15-9-11-5-8-19-10-11/h1-5,8,10,15H,6-7,9H2,(H,16,17). The lowest BCUT2D eigenvalue weighted by atomic mass is 10.2. The maximum absolute atomic E-state index is 11.0. The molecule has 1 aromatic carbocycles. The summed E-state index contributed by atoms with van der Waals surface area (Å²) in [6, 6.07) is 8.72. The van der Waals surface area contributed by atoms with Crippen molar-refractivity contribution < 1.29 is 14.6 Å². The van der Waals surface area contributed by atoms with Gasteiger partial charge in [0.2, 0.25) is 0 Å². The fourth-order valence-corrected chi connectivity index (χ4v) is 2.30. The lowest BCUT2D eigenvalue weighted by Crippen LogP contribution is -2.20. The Morgan fingerprint density at radius 1 is 1.32 bits per heavy atom. The number of carbonyl (C=O) groups is 1. The Labute approximate surface area is 115 Å². The topological polar surface area (TPSA) is 58.6 Å². The number of thiophene rings is 1. The van der Waals surface area contributed by atoms with Gasteiger partial charge in [0.25, 0.3) is 0 Å². The average Bonchev–Trinajstić information content (AvgIpc) is 2.92. The van der Waals surface area contributed by atoms with Crippen molar-refractivity contribution in [2.45, 2.75) is 6.54 Å². The van der Waals surface area contributed by atoms with Crippen LogP contribution in [0.4, 0.5) is 0 Å². The van der Waals surface area contributed by atoms with Crippen LogP contribution in [-0.4, -0.2) is 24.2 Å². The van der Waals surface area contributed by atoms with Gasteiger partial charge in [-0.2, -0.15) is 11.3 Å². The summed E-state index contributed by atoms with van der Waals surface area (Å²) in [7, 11) is 0. The molecule has 0 saturated carbocycles. The normalized spacial score (nSPS) is 10.3. The number of para-hydroxylation sites is 1. The molecule has 0 fully saturated rings. The van der Waals surface area contributed by atoms with E-state index >= 15 is 0 Å². The molecular formula is C14H15NO3S. The number of hydrogen-bond acceptors (Lipinski definition) is 4. The Balaban J connectivity index is 1.75. The number of carboxylic acid groups (broad SMARTS) is 1.